The third-order valence-corrected chi connectivity index (χ3v) is 5.75. The molecule has 1 aliphatic rings. The van der Waals surface area contributed by atoms with Crippen LogP contribution in [0.2, 0.25) is 5.02 Å². The number of ether oxygens (including phenoxy) is 1. The highest BCUT2D eigenvalue weighted by molar-refractivity contribution is 7.80. The first-order valence-corrected chi connectivity index (χ1v) is 10.7. The average molecular weight is 436 g/mol. The second-order valence-electron chi connectivity index (χ2n) is 7.20. The fraction of sp³-hybridized carbons (Fsp3) is 0.409. The van der Waals surface area contributed by atoms with Gasteiger partial charge in [-0.15, -0.1) is 0 Å². The molecular weight excluding hydrogens is 409 g/mol. The molecule has 1 aliphatic heterocycles. The van der Waals surface area contributed by atoms with Crippen molar-refractivity contribution in [3.05, 3.63) is 58.9 Å². The molecule has 29 heavy (non-hydrogen) atoms. The molecule has 1 atom stereocenters. The zero-order valence-corrected chi connectivity index (χ0v) is 18.2. The van der Waals surface area contributed by atoms with Crippen LogP contribution in [-0.2, 0) is 0 Å². The molecule has 0 radical (unpaired) electrons. The van der Waals surface area contributed by atoms with Crippen LogP contribution in [0.4, 0.5) is 10.1 Å². The van der Waals surface area contributed by atoms with Gasteiger partial charge in [0.05, 0.1) is 18.2 Å². The lowest BCUT2D eigenvalue weighted by Crippen LogP contribution is -2.40. The summed E-state index contributed by atoms with van der Waals surface area (Å²) in [7, 11) is 1.68. The van der Waals surface area contributed by atoms with E-state index in [-0.39, 0.29) is 11.1 Å². The Labute approximate surface area is 182 Å². The van der Waals surface area contributed by atoms with E-state index in [9.17, 15) is 4.39 Å². The van der Waals surface area contributed by atoms with Gasteiger partial charge in [-0.05, 0) is 74.0 Å². The standard InChI is InChI=1S/C22H27ClFN3OS/c1-28-18-9-6-16(7-10-18)21(27-12-4-2-3-5-13-27)15-25-22(29)26-17-8-11-20(24)19(23)14-17/h6-11,14,21H,2-5,12-13,15H2,1H3,(H2,25,26,29). The van der Waals surface area contributed by atoms with E-state index >= 15 is 0 Å². The van der Waals surface area contributed by atoms with Crippen molar-refractivity contribution in [3.63, 3.8) is 0 Å². The first kappa shape index (κ1) is 21.8. The van der Waals surface area contributed by atoms with Crippen molar-refractivity contribution in [3.8, 4) is 5.75 Å². The van der Waals surface area contributed by atoms with E-state index in [1.807, 2.05) is 12.1 Å². The maximum absolute atomic E-state index is 13.3. The third-order valence-electron chi connectivity index (χ3n) is 5.22. The third kappa shape index (κ3) is 6.29. The fourth-order valence-corrected chi connectivity index (χ4v) is 4.01. The zero-order chi connectivity index (χ0) is 20.6. The number of halogens is 2. The average Bonchev–Trinajstić information content (AvgIpc) is 3.01. The van der Waals surface area contributed by atoms with Crippen LogP contribution in [0.15, 0.2) is 42.5 Å². The summed E-state index contributed by atoms with van der Waals surface area (Å²) in [6, 6.07) is 12.9. The van der Waals surface area contributed by atoms with Gasteiger partial charge in [-0.1, -0.05) is 36.6 Å². The second-order valence-corrected chi connectivity index (χ2v) is 8.02. The molecule has 0 spiro atoms. The molecule has 4 nitrogen and oxygen atoms in total. The largest absolute Gasteiger partial charge is 0.497 e. The summed E-state index contributed by atoms with van der Waals surface area (Å²) < 4.78 is 18.6. The maximum Gasteiger partial charge on any atom is 0.170 e. The highest BCUT2D eigenvalue weighted by atomic mass is 35.5. The predicted octanol–water partition coefficient (Wildman–Crippen LogP) is 5.39. The molecule has 156 valence electrons. The van der Waals surface area contributed by atoms with Crippen LogP contribution in [0.1, 0.15) is 37.3 Å². The summed E-state index contributed by atoms with van der Waals surface area (Å²) in [5, 5.41) is 6.96. The monoisotopic (exact) mass is 435 g/mol. The van der Waals surface area contributed by atoms with Gasteiger partial charge in [0.25, 0.3) is 0 Å². The molecule has 0 saturated carbocycles. The van der Waals surface area contributed by atoms with E-state index < -0.39 is 5.82 Å². The molecular formula is C22H27ClFN3OS. The van der Waals surface area contributed by atoms with Crippen LogP contribution in [-0.4, -0.2) is 36.8 Å². The van der Waals surface area contributed by atoms with Gasteiger partial charge in [-0.3, -0.25) is 4.90 Å². The Morgan fingerprint density at radius 2 is 1.83 bits per heavy atom. The van der Waals surface area contributed by atoms with Crippen LogP contribution in [0.25, 0.3) is 0 Å². The van der Waals surface area contributed by atoms with Gasteiger partial charge in [-0.25, -0.2) is 4.39 Å². The predicted molar refractivity (Wildman–Crippen MR) is 121 cm³/mol. The summed E-state index contributed by atoms with van der Waals surface area (Å²) in [6.07, 6.45) is 4.99. The number of anilines is 1. The highest BCUT2D eigenvalue weighted by Gasteiger charge is 2.22. The van der Waals surface area contributed by atoms with E-state index in [0.29, 0.717) is 17.3 Å². The van der Waals surface area contributed by atoms with Gasteiger partial charge in [0.2, 0.25) is 0 Å². The molecule has 1 unspecified atom stereocenters. The minimum Gasteiger partial charge on any atom is -0.497 e. The van der Waals surface area contributed by atoms with Crippen molar-refractivity contribution in [2.45, 2.75) is 31.7 Å². The van der Waals surface area contributed by atoms with Gasteiger partial charge in [0.15, 0.2) is 5.11 Å². The number of methoxy groups -OCH3 is 1. The minimum absolute atomic E-state index is 0.0680. The summed E-state index contributed by atoms with van der Waals surface area (Å²) in [4.78, 5) is 2.53. The molecule has 2 aromatic carbocycles. The van der Waals surface area contributed by atoms with Crippen molar-refractivity contribution in [1.82, 2.24) is 10.2 Å². The summed E-state index contributed by atoms with van der Waals surface area (Å²) in [6.45, 7) is 2.82. The van der Waals surface area contributed by atoms with E-state index in [1.54, 1.807) is 13.2 Å². The van der Waals surface area contributed by atoms with Crippen LogP contribution in [0.3, 0.4) is 0 Å². The van der Waals surface area contributed by atoms with Gasteiger partial charge >= 0.3 is 0 Å². The molecule has 2 aromatic rings. The Hall–Kier alpha value is -1.89. The second kappa shape index (κ2) is 10.8. The Kier molecular flexibility index (Phi) is 8.09. The van der Waals surface area contributed by atoms with Crippen molar-refractivity contribution in [2.75, 3.05) is 32.1 Å². The Bertz CT molecular complexity index is 810. The molecule has 1 saturated heterocycles. The van der Waals surface area contributed by atoms with Crippen LogP contribution in [0, 0.1) is 5.82 Å². The summed E-state index contributed by atoms with van der Waals surface area (Å²) in [5.41, 5.74) is 1.89. The lowest BCUT2D eigenvalue weighted by molar-refractivity contribution is 0.205. The van der Waals surface area contributed by atoms with Gasteiger partial charge in [0, 0.05) is 12.2 Å². The molecule has 1 fully saturated rings. The molecule has 0 aromatic heterocycles. The first-order valence-electron chi connectivity index (χ1n) is 9.94. The Morgan fingerprint density at radius 3 is 2.45 bits per heavy atom. The van der Waals surface area contributed by atoms with Gasteiger partial charge in [0.1, 0.15) is 11.6 Å². The van der Waals surface area contributed by atoms with Gasteiger partial charge < -0.3 is 15.4 Å². The van der Waals surface area contributed by atoms with Crippen molar-refractivity contribution in [1.29, 1.82) is 0 Å². The summed E-state index contributed by atoms with van der Waals surface area (Å²) in [5.74, 6) is 0.401. The van der Waals surface area contributed by atoms with Gasteiger partial charge in [-0.2, -0.15) is 0 Å². The van der Waals surface area contributed by atoms with Crippen molar-refractivity contribution in [2.24, 2.45) is 0 Å². The minimum atomic E-state index is -0.447. The number of rotatable bonds is 6. The van der Waals surface area contributed by atoms with Crippen LogP contribution >= 0.6 is 23.8 Å². The lowest BCUT2D eigenvalue weighted by atomic mass is 10.0. The number of likely N-dealkylation sites (tertiary alicyclic amines) is 1. The molecule has 1 heterocycles. The molecule has 7 heteroatoms. The van der Waals surface area contributed by atoms with Crippen molar-refractivity contribution < 1.29 is 9.13 Å². The maximum atomic E-state index is 13.3. The smallest absolute Gasteiger partial charge is 0.170 e. The van der Waals surface area contributed by atoms with E-state index in [2.05, 4.69) is 27.7 Å². The molecule has 3 rings (SSSR count). The van der Waals surface area contributed by atoms with Crippen molar-refractivity contribution >= 4 is 34.6 Å². The zero-order valence-electron chi connectivity index (χ0n) is 16.6. The Morgan fingerprint density at radius 1 is 1.14 bits per heavy atom. The lowest BCUT2D eigenvalue weighted by Gasteiger charge is -2.31. The van der Waals surface area contributed by atoms with E-state index in [1.165, 1.54) is 43.4 Å². The molecule has 0 aliphatic carbocycles. The quantitative estimate of drug-likeness (QED) is 0.595. The molecule has 2 N–H and O–H groups in total. The number of benzene rings is 2. The highest BCUT2D eigenvalue weighted by Crippen LogP contribution is 2.26. The first-order chi connectivity index (χ1) is 14.1. The fourth-order valence-electron chi connectivity index (χ4n) is 3.63. The number of nitrogens with zero attached hydrogens (tertiary/aromatic N) is 1. The number of thiocarbonyl (C=S) groups is 1. The number of hydrogen-bond donors (Lipinski definition) is 2. The molecule has 0 amide bonds. The SMILES string of the molecule is COc1ccc(C(CNC(=S)Nc2ccc(F)c(Cl)c2)N2CCCCCC2)cc1. The van der Waals surface area contributed by atoms with E-state index in [4.69, 9.17) is 28.6 Å². The molecule has 0 bridgehead atoms. The topological polar surface area (TPSA) is 36.5 Å². The number of hydrogen-bond acceptors (Lipinski definition) is 3. The van der Waals surface area contributed by atoms with E-state index in [0.717, 1.165) is 18.8 Å². The summed E-state index contributed by atoms with van der Waals surface area (Å²) >= 11 is 11.3. The number of nitrogens with one attached hydrogen (secondary N) is 2. The normalized spacial score (nSPS) is 16.0. The van der Waals surface area contributed by atoms with Crippen LogP contribution < -0.4 is 15.4 Å². The van der Waals surface area contributed by atoms with Crippen LogP contribution in [0.5, 0.6) is 5.75 Å². The Balaban J connectivity index is 1.68.